The number of para-hydroxylation sites is 1. The summed E-state index contributed by atoms with van der Waals surface area (Å²) in [6, 6.07) is 21.3. The van der Waals surface area contributed by atoms with Crippen molar-refractivity contribution in [1.29, 1.82) is 0 Å². The number of amides is 1. The van der Waals surface area contributed by atoms with E-state index in [-0.39, 0.29) is 23.7 Å². The van der Waals surface area contributed by atoms with E-state index >= 15 is 0 Å². The lowest BCUT2D eigenvalue weighted by molar-refractivity contribution is -0.384. The number of methoxy groups -OCH3 is 1. The number of non-ortho nitro benzene ring substituents is 1. The average molecular weight is 517 g/mol. The Bertz CT molecular complexity index is 1640. The van der Waals surface area contributed by atoms with Crippen LogP contribution in [-0.2, 0) is 6.54 Å². The number of ether oxygens (including phenoxy) is 1. The standard InChI is InChI=1S/C28H21FN2O5S/c1-17-13-18(7-10-24(17)35-2)27-12-9-21(37-27)16-30(23-6-4-3-5-22(23)29)28(32)26-15-19-14-20(31(33)34)8-11-25(19)36-26/h3-15H,16H2,1-2H3. The highest BCUT2D eigenvalue weighted by Gasteiger charge is 2.25. The number of aryl methyl sites for hydroxylation is 1. The maximum absolute atomic E-state index is 14.8. The van der Waals surface area contributed by atoms with Crippen LogP contribution in [0.3, 0.4) is 0 Å². The van der Waals surface area contributed by atoms with Crippen molar-refractivity contribution >= 4 is 39.6 Å². The highest BCUT2D eigenvalue weighted by molar-refractivity contribution is 7.15. The summed E-state index contributed by atoms with van der Waals surface area (Å²) in [5.74, 6) is -0.348. The first-order valence-electron chi connectivity index (χ1n) is 11.3. The minimum absolute atomic E-state index is 0.0405. The van der Waals surface area contributed by atoms with Crippen LogP contribution >= 0.6 is 11.3 Å². The van der Waals surface area contributed by atoms with Crippen LogP contribution in [0.5, 0.6) is 5.75 Å². The van der Waals surface area contributed by atoms with Gasteiger partial charge in [0.05, 0.1) is 24.3 Å². The third-order valence-electron chi connectivity index (χ3n) is 5.96. The molecule has 0 radical (unpaired) electrons. The molecule has 2 heterocycles. The maximum atomic E-state index is 14.8. The molecule has 0 atom stereocenters. The summed E-state index contributed by atoms with van der Waals surface area (Å²) in [6.07, 6.45) is 0. The van der Waals surface area contributed by atoms with Crippen LogP contribution in [0.25, 0.3) is 21.4 Å². The zero-order valence-electron chi connectivity index (χ0n) is 19.9. The van der Waals surface area contributed by atoms with Crippen molar-refractivity contribution in [3.63, 3.8) is 0 Å². The molecule has 0 aliphatic carbocycles. The van der Waals surface area contributed by atoms with E-state index in [4.69, 9.17) is 9.15 Å². The lowest BCUT2D eigenvalue weighted by Gasteiger charge is -2.21. The lowest BCUT2D eigenvalue weighted by Crippen LogP contribution is -2.30. The third kappa shape index (κ3) is 4.81. The lowest BCUT2D eigenvalue weighted by atomic mass is 10.1. The van der Waals surface area contributed by atoms with Gasteiger partial charge in [0.2, 0.25) is 0 Å². The quantitative estimate of drug-likeness (QED) is 0.166. The van der Waals surface area contributed by atoms with Gasteiger partial charge in [-0.2, -0.15) is 0 Å². The van der Waals surface area contributed by atoms with Gasteiger partial charge in [-0.25, -0.2) is 4.39 Å². The molecule has 0 N–H and O–H groups in total. The highest BCUT2D eigenvalue weighted by atomic mass is 32.1. The normalized spacial score (nSPS) is 11.0. The zero-order valence-corrected chi connectivity index (χ0v) is 20.8. The number of thiophene rings is 1. The van der Waals surface area contributed by atoms with Crippen LogP contribution < -0.4 is 9.64 Å². The number of nitro groups is 1. The van der Waals surface area contributed by atoms with Crippen molar-refractivity contribution < 1.29 is 23.3 Å². The van der Waals surface area contributed by atoms with Crippen molar-refractivity contribution in [1.82, 2.24) is 0 Å². The first-order valence-corrected chi connectivity index (χ1v) is 12.1. The van der Waals surface area contributed by atoms with Crippen LogP contribution in [0.4, 0.5) is 15.8 Å². The molecule has 9 heteroatoms. The van der Waals surface area contributed by atoms with E-state index in [2.05, 4.69) is 0 Å². The zero-order chi connectivity index (χ0) is 26.1. The van der Waals surface area contributed by atoms with Crippen LogP contribution in [0.2, 0.25) is 0 Å². The molecule has 0 spiro atoms. The molecular weight excluding hydrogens is 495 g/mol. The van der Waals surface area contributed by atoms with E-state index in [1.165, 1.54) is 52.6 Å². The van der Waals surface area contributed by atoms with Crippen molar-refractivity contribution in [2.45, 2.75) is 13.5 Å². The number of furan rings is 1. The van der Waals surface area contributed by atoms with Gasteiger partial charge in [0, 0.05) is 27.3 Å². The molecule has 5 rings (SSSR count). The van der Waals surface area contributed by atoms with Crippen molar-refractivity contribution in [3.8, 4) is 16.2 Å². The van der Waals surface area contributed by atoms with E-state index in [9.17, 15) is 19.3 Å². The monoisotopic (exact) mass is 516 g/mol. The molecule has 0 fully saturated rings. The predicted octanol–water partition coefficient (Wildman–Crippen LogP) is 7.37. The smallest absolute Gasteiger partial charge is 0.294 e. The summed E-state index contributed by atoms with van der Waals surface area (Å²) >= 11 is 1.50. The maximum Gasteiger partial charge on any atom is 0.294 e. The molecule has 186 valence electrons. The Labute approximate surface area is 215 Å². The number of rotatable bonds is 7. The minimum Gasteiger partial charge on any atom is -0.496 e. The number of carbonyl (C=O) groups is 1. The van der Waals surface area contributed by atoms with Crippen LogP contribution in [-0.4, -0.2) is 17.9 Å². The molecule has 2 aromatic heterocycles. The number of hydrogen-bond donors (Lipinski definition) is 0. The first kappa shape index (κ1) is 24.2. The summed E-state index contributed by atoms with van der Waals surface area (Å²) in [5, 5.41) is 11.5. The molecule has 37 heavy (non-hydrogen) atoms. The molecule has 1 amide bonds. The second-order valence-electron chi connectivity index (χ2n) is 8.38. The predicted molar refractivity (Wildman–Crippen MR) is 141 cm³/mol. The van der Waals surface area contributed by atoms with Gasteiger partial charge in [-0.15, -0.1) is 11.3 Å². The Morgan fingerprint density at radius 2 is 1.89 bits per heavy atom. The summed E-state index contributed by atoms with van der Waals surface area (Å²) in [5.41, 5.74) is 2.34. The minimum atomic E-state index is -0.556. The van der Waals surface area contributed by atoms with Gasteiger partial charge in [-0.3, -0.25) is 19.8 Å². The largest absolute Gasteiger partial charge is 0.496 e. The molecule has 0 unspecified atom stereocenters. The number of fused-ring (bicyclic) bond motifs is 1. The molecule has 7 nitrogen and oxygen atoms in total. The molecule has 0 aliphatic rings. The SMILES string of the molecule is COc1ccc(-c2ccc(CN(C(=O)c3cc4cc([N+](=O)[O-])ccc4o3)c3ccccc3F)s2)cc1C. The van der Waals surface area contributed by atoms with Crippen LogP contribution in [0.1, 0.15) is 21.0 Å². The summed E-state index contributed by atoms with van der Waals surface area (Å²) in [7, 11) is 1.63. The van der Waals surface area contributed by atoms with Crippen molar-refractivity contribution in [2.24, 2.45) is 0 Å². The number of hydrogen-bond acceptors (Lipinski definition) is 6. The molecular formula is C28H21FN2O5S. The Hall–Kier alpha value is -4.50. The Morgan fingerprint density at radius 1 is 1.08 bits per heavy atom. The fourth-order valence-electron chi connectivity index (χ4n) is 4.13. The highest BCUT2D eigenvalue weighted by Crippen LogP contribution is 2.34. The van der Waals surface area contributed by atoms with Crippen molar-refractivity contribution in [3.05, 3.63) is 111 Å². The summed E-state index contributed by atoms with van der Waals surface area (Å²) in [4.78, 5) is 27.4. The number of carbonyl (C=O) groups excluding carboxylic acids is 1. The van der Waals surface area contributed by atoms with E-state index in [1.54, 1.807) is 19.2 Å². The summed E-state index contributed by atoms with van der Waals surface area (Å²) in [6.45, 7) is 2.08. The Kier molecular flexibility index (Phi) is 6.45. The van der Waals surface area contributed by atoms with Gasteiger partial charge in [0.25, 0.3) is 11.6 Å². The fourth-order valence-corrected chi connectivity index (χ4v) is 5.12. The number of halogens is 1. The van der Waals surface area contributed by atoms with Gasteiger partial charge >= 0.3 is 0 Å². The summed E-state index contributed by atoms with van der Waals surface area (Å²) < 4.78 is 25.9. The topological polar surface area (TPSA) is 85.8 Å². The van der Waals surface area contributed by atoms with Gasteiger partial charge < -0.3 is 9.15 Å². The van der Waals surface area contributed by atoms with Crippen molar-refractivity contribution in [2.75, 3.05) is 12.0 Å². The number of benzene rings is 3. The molecule has 5 aromatic rings. The Balaban J connectivity index is 1.49. The molecule has 0 bridgehead atoms. The third-order valence-corrected chi connectivity index (χ3v) is 7.08. The van der Waals surface area contributed by atoms with Crippen LogP contribution in [0, 0.1) is 22.9 Å². The van der Waals surface area contributed by atoms with E-state index < -0.39 is 16.6 Å². The molecule has 3 aromatic carbocycles. The van der Waals surface area contributed by atoms with Gasteiger partial charge in [-0.05, 0) is 72.6 Å². The molecule has 0 saturated heterocycles. The average Bonchev–Trinajstić information content (AvgIpc) is 3.54. The van der Waals surface area contributed by atoms with Gasteiger partial charge in [0.1, 0.15) is 17.1 Å². The number of anilines is 1. The van der Waals surface area contributed by atoms with E-state index in [0.29, 0.717) is 11.0 Å². The van der Waals surface area contributed by atoms with Gasteiger partial charge in [0.15, 0.2) is 5.76 Å². The van der Waals surface area contributed by atoms with E-state index in [1.807, 2.05) is 37.3 Å². The van der Waals surface area contributed by atoms with E-state index in [0.717, 1.165) is 26.6 Å². The second-order valence-corrected chi connectivity index (χ2v) is 9.55. The number of nitrogens with zero attached hydrogens (tertiary/aromatic N) is 2. The number of nitro benzene ring substituents is 1. The first-order chi connectivity index (χ1) is 17.8. The molecule has 0 aliphatic heterocycles. The van der Waals surface area contributed by atoms with Gasteiger partial charge in [-0.1, -0.05) is 12.1 Å². The molecule has 0 saturated carbocycles. The fraction of sp³-hybridized carbons (Fsp3) is 0.107. The van der Waals surface area contributed by atoms with Crippen LogP contribution in [0.15, 0.2) is 83.3 Å². The second kappa shape index (κ2) is 9.87. The Morgan fingerprint density at radius 3 is 2.62 bits per heavy atom.